The smallest absolute Gasteiger partial charge is 0.158 e. The Balaban J connectivity index is 1.80. The van der Waals surface area contributed by atoms with Gasteiger partial charge in [-0.05, 0) is 38.0 Å². The largest absolute Gasteiger partial charge is 0.377 e. The highest BCUT2D eigenvalue weighted by Gasteiger charge is 2.42. The molecule has 0 amide bonds. The molecule has 0 radical (unpaired) electrons. The van der Waals surface area contributed by atoms with Crippen LogP contribution in [0.25, 0.3) is 0 Å². The van der Waals surface area contributed by atoms with Gasteiger partial charge < -0.3 is 9.47 Å². The molecule has 0 N–H and O–H groups in total. The summed E-state index contributed by atoms with van der Waals surface area (Å²) in [4.78, 5) is 11.5. The quantitative estimate of drug-likeness (QED) is 0.714. The predicted molar refractivity (Wildman–Crippen MR) is 56.8 cm³/mol. The third-order valence-corrected chi connectivity index (χ3v) is 3.68. The molecule has 3 heteroatoms. The lowest BCUT2D eigenvalue weighted by Gasteiger charge is -2.47. The fourth-order valence-corrected chi connectivity index (χ4v) is 2.76. The molecule has 15 heavy (non-hydrogen) atoms. The van der Waals surface area contributed by atoms with Gasteiger partial charge in [-0.1, -0.05) is 0 Å². The van der Waals surface area contributed by atoms with Crippen LogP contribution in [-0.2, 0) is 14.3 Å². The minimum Gasteiger partial charge on any atom is -0.377 e. The van der Waals surface area contributed by atoms with Gasteiger partial charge in [-0.25, -0.2) is 0 Å². The van der Waals surface area contributed by atoms with Gasteiger partial charge in [0.05, 0.1) is 5.60 Å². The number of ketones is 1. The van der Waals surface area contributed by atoms with Crippen LogP contribution in [0.15, 0.2) is 0 Å². The van der Waals surface area contributed by atoms with Gasteiger partial charge in [0.2, 0.25) is 0 Å². The van der Waals surface area contributed by atoms with Crippen molar-refractivity contribution in [2.75, 3.05) is 20.3 Å². The number of hydrogen-bond donors (Lipinski definition) is 0. The maximum absolute atomic E-state index is 11.5. The zero-order chi connectivity index (χ0) is 10.7. The van der Waals surface area contributed by atoms with Gasteiger partial charge in [-0.3, -0.25) is 4.79 Å². The normalized spacial score (nSPS) is 28.7. The Hall–Kier alpha value is -0.410. The molecule has 86 valence electrons. The summed E-state index contributed by atoms with van der Waals surface area (Å²) in [7, 11) is 1.58. The van der Waals surface area contributed by atoms with E-state index in [0.717, 1.165) is 19.4 Å². The Morgan fingerprint density at radius 3 is 2.93 bits per heavy atom. The molecule has 0 aromatic rings. The lowest BCUT2D eigenvalue weighted by Crippen LogP contribution is -2.45. The van der Waals surface area contributed by atoms with Crippen LogP contribution < -0.4 is 0 Å². The molecule has 2 rings (SSSR count). The van der Waals surface area contributed by atoms with E-state index in [9.17, 15) is 4.79 Å². The number of Topliss-reactive ketones (excluding diaryl/α,β-unsaturated/α-hetero) is 1. The first kappa shape index (κ1) is 11.1. The Morgan fingerprint density at radius 1 is 1.53 bits per heavy atom. The van der Waals surface area contributed by atoms with Crippen molar-refractivity contribution in [3.8, 4) is 0 Å². The van der Waals surface area contributed by atoms with Gasteiger partial charge in [0, 0.05) is 20.1 Å². The van der Waals surface area contributed by atoms with Crippen molar-refractivity contribution in [2.24, 2.45) is 5.92 Å². The molecular formula is C12H20O3. The van der Waals surface area contributed by atoms with E-state index in [0.29, 0.717) is 12.3 Å². The van der Waals surface area contributed by atoms with Crippen LogP contribution in [0.2, 0.25) is 0 Å². The molecule has 0 bridgehead atoms. The van der Waals surface area contributed by atoms with Crippen LogP contribution in [0.3, 0.4) is 0 Å². The molecule has 2 fully saturated rings. The average molecular weight is 212 g/mol. The Bertz CT molecular complexity index is 233. The summed E-state index contributed by atoms with van der Waals surface area (Å²) in [5.74, 6) is 0.764. The van der Waals surface area contributed by atoms with Crippen molar-refractivity contribution in [3.05, 3.63) is 0 Å². The van der Waals surface area contributed by atoms with Gasteiger partial charge in [0.25, 0.3) is 0 Å². The molecular weight excluding hydrogens is 192 g/mol. The maximum Gasteiger partial charge on any atom is 0.158 e. The molecule has 1 atom stereocenters. The second kappa shape index (κ2) is 4.62. The third-order valence-electron chi connectivity index (χ3n) is 3.68. The van der Waals surface area contributed by atoms with Crippen LogP contribution in [-0.4, -0.2) is 31.7 Å². The summed E-state index contributed by atoms with van der Waals surface area (Å²) in [5, 5.41) is 0. The molecule has 1 saturated carbocycles. The number of rotatable bonds is 4. The summed E-state index contributed by atoms with van der Waals surface area (Å²) < 4.78 is 10.7. The maximum atomic E-state index is 11.5. The second-order valence-corrected chi connectivity index (χ2v) is 4.92. The molecule has 0 aromatic heterocycles. The molecule has 1 aliphatic carbocycles. The van der Waals surface area contributed by atoms with Crippen LogP contribution in [0.4, 0.5) is 0 Å². The van der Waals surface area contributed by atoms with Crippen molar-refractivity contribution in [3.63, 3.8) is 0 Å². The highest BCUT2D eigenvalue weighted by atomic mass is 16.5. The first-order valence-corrected chi connectivity index (χ1v) is 5.89. The number of ether oxygens (including phenoxy) is 2. The number of carbonyl (C=O) groups excluding carboxylic acids is 1. The van der Waals surface area contributed by atoms with Gasteiger partial charge in [0.1, 0.15) is 6.61 Å². The number of carbonyl (C=O) groups is 1. The first-order valence-electron chi connectivity index (χ1n) is 5.89. The van der Waals surface area contributed by atoms with Gasteiger partial charge in [0.15, 0.2) is 5.78 Å². The standard InChI is InChI=1S/C12H20O3/c1-14-9-11(13)7-10-3-6-15-12(8-10)4-2-5-12/h10H,2-9H2,1H3. The van der Waals surface area contributed by atoms with Crippen molar-refractivity contribution >= 4 is 5.78 Å². The highest BCUT2D eigenvalue weighted by Crippen LogP contribution is 2.44. The van der Waals surface area contributed by atoms with E-state index in [2.05, 4.69) is 0 Å². The fourth-order valence-electron chi connectivity index (χ4n) is 2.76. The van der Waals surface area contributed by atoms with Crippen molar-refractivity contribution in [2.45, 2.75) is 44.1 Å². The molecule has 2 aliphatic rings. The van der Waals surface area contributed by atoms with E-state index in [-0.39, 0.29) is 18.0 Å². The Kier molecular flexibility index (Phi) is 3.42. The minimum absolute atomic E-state index is 0.163. The molecule has 0 aromatic carbocycles. The zero-order valence-electron chi connectivity index (χ0n) is 9.46. The van der Waals surface area contributed by atoms with E-state index in [1.54, 1.807) is 7.11 Å². The van der Waals surface area contributed by atoms with Gasteiger partial charge in [-0.15, -0.1) is 0 Å². The van der Waals surface area contributed by atoms with E-state index in [1.165, 1.54) is 19.3 Å². The highest BCUT2D eigenvalue weighted by molar-refractivity contribution is 5.79. The van der Waals surface area contributed by atoms with Gasteiger partial charge >= 0.3 is 0 Å². The van der Waals surface area contributed by atoms with Crippen LogP contribution in [0.1, 0.15) is 38.5 Å². The third kappa shape index (κ3) is 2.58. The zero-order valence-corrected chi connectivity index (χ0v) is 9.46. The summed E-state index contributed by atoms with van der Waals surface area (Å²) in [6.07, 6.45) is 6.49. The van der Waals surface area contributed by atoms with Crippen molar-refractivity contribution in [1.29, 1.82) is 0 Å². The van der Waals surface area contributed by atoms with E-state index in [1.807, 2.05) is 0 Å². The SMILES string of the molecule is COCC(=O)CC1CCOC2(CCC2)C1. The molecule has 1 heterocycles. The minimum atomic E-state index is 0.163. The lowest BCUT2D eigenvalue weighted by atomic mass is 9.71. The number of hydrogen-bond acceptors (Lipinski definition) is 3. The molecule has 1 spiro atoms. The topological polar surface area (TPSA) is 35.5 Å². The second-order valence-electron chi connectivity index (χ2n) is 4.92. The van der Waals surface area contributed by atoms with Crippen molar-refractivity contribution < 1.29 is 14.3 Å². The van der Waals surface area contributed by atoms with Crippen LogP contribution in [0.5, 0.6) is 0 Å². The molecule has 1 aliphatic heterocycles. The summed E-state index contributed by atoms with van der Waals surface area (Å²) in [6, 6.07) is 0. The predicted octanol–water partition coefficient (Wildman–Crippen LogP) is 1.94. The van der Waals surface area contributed by atoms with E-state index < -0.39 is 0 Å². The van der Waals surface area contributed by atoms with E-state index >= 15 is 0 Å². The van der Waals surface area contributed by atoms with Gasteiger partial charge in [-0.2, -0.15) is 0 Å². The van der Waals surface area contributed by atoms with Crippen LogP contribution in [0, 0.1) is 5.92 Å². The summed E-state index contributed by atoms with van der Waals surface area (Å²) >= 11 is 0. The van der Waals surface area contributed by atoms with E-state index in [4.69, 9.17) is 9.47 Å². The molecule has 3 nitrogen and oxygen atoms in total. The summed E-state index contributed by atoms with van der Waals surface area (Å²) in [6.45, 7) is 1.11. The first-order chi connectivity index (χ1) is 7.24. The lowest BCUT2D eigenvalue weighted by molar-refractivity contribution is -0.148. The number of methoxy groups -OCH3 is 1. The molecule has 1 unspecified atom stereocenters. The Morgan fingerprint density at radius 2 is 2.33 bits per heavy atom. The molecule has 1 saturated heterocycles. The fraction of sp³-hybridized carbons (Fsp3) is 0.917. The Labute approximate surface area is 91.1 Å². The average Bonchev–Trinajstić information content (AvgIpc) is 2.16. The monoisotopic (exact) mass is 212 g/mol. The summed E-state index contributed by atoms with van der Waals surface area (Å²) in [5.41, 5.74) is 0.163. The van der Waals surface area contributed by atoms with Crippen LogP contribution >= 0.6 is 0 Å². The van der Waals surface area contributed by atoms with Crippen molar-refractivity contribution in [1.82, 2.24) is 0 Å².